The van der Waals surface area contributed by atoms with Crippen LogP contribution in [-0.4, -0.2) is 20.8 Å². The van der Waals surface area contributed by atoms with E-state index < -0.39 is 6.85 Å². The van der Waals surface area contributed by atoms with Crippen LogP contribution in [0.25, 0.3) is 66.2 Å². The van der Waals surface area contributed by atoms with E-state index in [1.165, 1.54) is 22.4 Å². The van der Waals surface area contributed by atoms with Crippen LogP contribution in [0.4, 0.5) is 22.7 Å². The molecule has 0 spiro atoms. The van der Waals surface area contributed by atoms with Gasteiger partial charge in [-0.3, -0.25) is 4.57 Å². The van der Waals surface area contributed by atoms with E-state index in [1.54, 1.807) is 12.3 Å². The molecule has 0 aliphatic carbocycles. The predicted octanol–water partition coefficient (Wildman–Crippen LogP) is 18.2. The van der Waals surface area contributed by atoms with Crippen LogP contribution in [0, 0.1) is 6.85 Å². The van der Waals surface area contributed by atoms with E-state index in [4.69, 9.17) is 13.8 Å². The molecule has 1 aliphatic heterocycles. The first-order valence-electron chi connectivity index (χ1n) is 27.0. The second-order valence-corrected chi connectivity index (χ2v) is 22.8. The molecule has 0 amide bonds. The average molecular weight is 957 g/mol. The summed E-state index contributed by atoms with van der Waals surface area (Å²) in [6.45, 7) is 18.4. The van der Waals surface area contributed by atoms with Crippen molar-refractivity contribution >= 4 is 66.4 Å². The number of hydrogen-bond acceptors (Lipinski definition) is 4. The lowest BCUT2D eigenvalue weighted by Gasteiger charge is -2.29. The first-order chi connectivity index (χ1) is 36.2. The van der Waals surface area contributed by atoms with Crippen LogP contribution in [-0.2, 0) is 16.2 Å². The van der Waals surface area contributed by atoms with Gasteiger partial charge in [0.2, 0.25) is 0 Å². The smallest absolute Gasteiger partial charge is 0.137 e. The zero-order valence-electron chi connectivity index (χ0n) is 46.2. The minimum Gasteiger partial charge on any atom is -0.457 e. The van der Waals surface area contributed by atoms with Crippen molar-refractivity contribution in [1.82, 2.24) is 14.1 Å². The number of hydrogen-bond donors (Lipinski definition) is 0. The second-order valence-electron chi connectivity index (χ2n) is 22.8. The zero-order valence-corrected chi connectivity index (χ0v) is 43.2. The van der Waals surface area contributed by atoms with Crippen molar-refractivity contribution in [3.8, 4) is 34.1 Å². The van der Waals surface area contributed by atoms with Crippen LogP contribution >= 0.6 is 0 Å². The number of pyridine rings is 1. The summed E-state index contributed by atoms with van der Waals surface area (Å²) in [6, 6.07) is 63.7. The first kappa shape index (κ1) is 42.6. The van der Waals surface area contributed by atoms with Gasteiger partial charge in [0.05, 0.1) is 39.1 Å². The highest BCUT2D eigenvalue weighted by molar-refractivity contribution is 6.16. The van der Waals surface area contributed by atoms with Crippen molar-refractivity contribution in [2.45, 2.75) is 85.4 Å². The van der Waals surface area contributed by atoms with Crippen LogP contribution in [0.15, 0.2) is 188 Å². The molecule has 12 rings (SSSR count). The minimum absolute atomic E-state index is 0.0272. The van der Waals surface area contributed by atoms with Crippen LogP contribution in [0.3, 0.4) is 0 Å². The van der Waals surface area contributed by atoms with Crippen LogP contribution in [0.2, 0.25) is 0 Å². The minimum atomic E-state index is -2.43. The van der Waals surface area contributed by atoms with Gasteiger partial charge in [-0.25, -0.2) is 4.98 Å². The van der Waals surface area contributed by atoms with Gasteiger partial charge in [-0.1, -0.05) is 165 Å². The Balaban J connectivity index is 1.03. The van der Waals surface area contributed by atoms with Gasteiger partial charge in [0.15, 0.2) is 0 Å². The molecular formula is C67H63N5O. The molecule has 0 radical (unpaired) electrons. The Morgan fingerprint density at radius 2 is 1.01 bits per heavy atom. The van der Waals surface area contributed by atoms with E-state index in [1.807, 2.05) is 24.3 Å². The van der Waals surface area contributed by atoms with E-state index in [0.717, 1.165) is 71.9 Å². The first-order valence-corrected chi connectivity index (χ1v) is 25.5. The molecule has 1 aliphatic rings. The Kier molecular flexibility index (Phi) is 9.93. The van der Waals surface area contributed by atoms with E-state index >= 15 is 0 Å². The number of para-hydroxylation sites is 5. The van der Waals surface area contributed by atoms with Gasteiger partial charge in [0.1, 0.15) is 24.0 Å². The van der Waals surface area contributed by atoms with Gasteiger partial charge in [-0.05, 0) is 112 Å². The van der Waals surface area contributed by atoms with Gasteiger partial charge in [-0.2, -0.15) is 0 Å². The Labute approximate surface area is 434 Å². The Hall–Kier alpha value is -8.09. The summed E-state index contributed by atoms with van der Waals surface area (Å²) < 4.78 is 38.3. The summed E-state index contributed by atoms with van der Waals surface area (Å²) in [6.07, 6.45) is 1.73. The molecule has 73 heavy (non-hydrogen) atoms. The third kappa shape index (κ3) is 8.01. The number of fused-ring (bicyclic) bond motifs is 7. The lowest BCUT2D eigenvalue weighted by molar-refractivity contribution is 0.483. The summed E-state index contributed by atoms with van der Waals surface area (Å²) in [5, 5.41) is 4.27. The average Bonchev–Trinajstić information content (AvgIpc) is 4.11. The zero-order chi connectivity index (χ0) is 53.1. The lowest BCUT2D eigenvalue weighted by Crippen LogP contribution is -2.25. The molecule has 3 aromatic heterocycles. The molecule has 4 heterocycles. The second kappa shape index (κ2) is 17.0. The quantitative estimate of drug-likeness (QED) is 0.160. The molecule has 362 valence electrons. The SMILES string of the molecule is [2H]C([2H])([2H])c1cc(-n2c3ccccc3c3c(-n4c5ccccc5c5ccccc54)cc(Oc4cccc(N5CN(c6cc(C(C)(C)C)cc(C(C)(C)C)c6)c6ccccc65)c4)cc32)ncc1-c1ccc(C(C)(C)C)cc1. The fourth-order valence-electron chi connectivity index (χ4n) is 10.8. The number of aryl methyl sites for hydroxylation is 1. The van der Waals surface area contributed by atoms with Gasteiger partial charge >= 0.3 is 0 Å². The maximum Gasteiger partial charge on any atom is 0.137 e. The molecule has 0 saturated carbocycles. The fourth-order valence-corrected chi connectivity index (χ4v) is 10.8. The molecular weight excluding hydrogens is 891 g/mol. The highest BCUT2D eigenvalue weighted by atomic mass is 16.5. The molecule has 0 bridgehead atoms. The van der Waals surface area contributed by atoms with Gasteiger partial charge in [-0.15, -0.1) is 0 Å². The van der Waals surface area contributed by atoms with Crippen LogP contribution in [0.5, 0.6) is 11.5 Å². The van der Waals surface area contributed by atoms with Crippen molar-refractivity contribution in [1.29, 1.82) is 0 Å². The van der Waals surface area contributed by atoms with E-state index in [0.29, 0.717) is 29.5 Å². The van der Waals surface area contributed by atoms with E-state index in [-0.39, 0.29) is 21.8 Å². The Morgan fingerprint density at radius 3 is 1.62 bits per heavy atom. The number of anilines is 4. The molecule has 0 N–H and O–H groups in total. The highest BCUT2D eigenvalue weighted by Crippen LogP contribution is 2.48. The topological polar surface area (TPSA) is 38.5 Å². The molecule has 0 saturated heterocycles. The van der Waals surface area contributed by atoms with Crippen molar-refractivity contribution in [2.24, 2.45) is 0 Å². The van der Waals surface area contributed by atoms with Gasteiger partial charge in [0, 0.05) is 67.0 Å². The van der Waals surface area contributed by atoms with Crippen LogP contribution in [0.1, 0.15) is 88.7 Å². The highest BCUT2D eigenvalue weighted by Gasteiger charge is 2.31. The number of ether oxygens (including phenoxy) is 1. The Bertz CT molecular complexity index is 3980. The lowest BCUT2D eigenvalue weighted by atomic mass is 9.80. The molecule has 11 aromatic rings. The molecule has 8 aromatic carbocycles. The Morgan fingerprint density at radius 1 is 0.452 bits per heavy atom. The summed E-state index contributed by atoms with van der Waals surface area (Å²) in [5.74, 6) is 1.80. The summed E-state index contributed by atoms with van der Waals surface area (Å²) in [7, 11) is 0. The fraction of sp³-hybridized carbons (Fsp3) is 0.209. The van der Waals surface area contributed by atoms with E-state index in [2.05, 4.69) is 233 Å². The maximum atomic E-state index is 8.90. The monoisotopic (exact) mass is 957 g/mol. The molecule has 6 nitrogen and oxygen atoms in total. The van der Waals surface area contributed by atoms with E-state index in [9.17, 15) is 0 Å². The molecule has 0 atom stereocenters. The number of aromatic nitrogens is 3. The summed E-state index contributed by atoms with van der Waals surface area (Å²) in [5.41, 5.74) is 14.5. The molecule has 6 heteroatoms. The largest absolute Gasteiger partial charge is 0.457 e. The normalized spacial score (nSPS) is 14.0. The van der Waals surface area contributed by atoms with Crippen LogP contribution < -0.4 is 14.5 Å². The maximum absolute atomic E-state index is 8.90. The van der Waals surface area contributed by atoms with Crippen molar-refractivity contribution in [3.63, 3.8) is 0 Å². The van der Waals surface area contributed by atoms with Gasteiger partial charge < -0.3 is 19.1 Å². The third-order valence-electron chi connectivity index (χ3n) is 14.8. The van der Waals surface area contributed by atoms with Crippen molar-refractivity contribution in [3.05, 3.63) is 210 Å². The molecule has 0 fully saturated rings. The standard InChI is InChI=1S/C67H63N5O/c1-43-34-63(68-41-55(43)44-30-32-45(33-31-44)65(2,3)4)72-58-27-16-13-24-54(58)64-61(71-56-25-14-11-22-52(56)53-23-12-15-26-57(53)71)39-51(40-62(64)72)73-50-21-19-20-48(38-50)69-42-70(60-29-18-17-28-59(60)69)49-36-46(66(5,6)7)35-47(37-49)67(8,9)10/h11-41H,42H2,1-10H3/i1D3. The van der Waals surface area contributed by atoms with Gasteiger partial charge in [0.25, 0.3) is 0 Å². The number of rotatable bonds is 7. The summed E-state index contributed by atoms with van der Waals surface area (Å²) >= 11 is 0. The number of nitrogens with zero attached hydrogens (tertiary/aromatic N) is 5. The predicted molar refractivity (Wildman–Crippen MR) is 308 cm³/mol. The van der Waals surface area contributed by atoms with Crippen molar-refractivity contribution in [2.75, 3.05) is 16.5 Å². The molecule has 0 unspecified atom stereocenters. The summed E-state index contributed by atoms with van der Waals surface area (Å²) in [4.78, 5) is 9.93. The van der Waals surface area contributed by atoms with Crippen molar-refractivity contribution < 1.29 is 8.85 Å². The third-order valence-corrected chi connectivity index (χ3v) is 14.8. The number of benzene rings is 8.